The van der Waals surface area contributed by atoms with Crippen LogP contribution in [-0.4, -0.2) is 10.7 Å². The van der Waals surface area contributed by atoms with Gasteiger partial charge in [-0.25, -0.2) is 0 Å². The fraction of sp³-hybridized carbons (Fsp3) is 0.294. The van der Waals surface area contributed by atoms with Crippen LogP contribution >= 0.6 is 11.8 Å². The Hall–Kier alpha value is -4.35. The molecule has 1 aliphatic carbocycles. The van der Waals surface area contributed by atoms with Gasteiger partial charge in [0, 0.05) is 35.3 Å². The van der Waals surface area contributed by atoms with Crippen molar-refractivity contribution in [2.45, 2.75) is 58.0 Å². The lowest BCUT2D eigenvalue weighted by Crippen LogP contribution is -2.42. The lowest BCUT2D eigenvalue weighted by atomic mass is 9.68. The third kappa shape index (κ3) is 5.45. The van der Waals surface area contributed by atoms with Gasteiger partial charge in [0.05, 0.1) is 22.5 Å². The lowest BCUT2D eigenvalue weighted by molar-refractivity contribution is -0.384. The van der Waals surface area contributed by atoms with Gasteiger partial charge in [0.15, 0.2) is 5.78 Å². The van der Waals surface area contributed by atoms with E-state index >= 15 is 0 Å². The molecule has 42 heavy (non-hydrogen) atoms. The van der Waals surface area contributed by atoms with Gasteiger partial charge >= 0.3 is 0 Å². The summed E-state index contributed by atoms with van der Waals surface area (Å²) >= 11 is 1.81. The minimum atomic E-state index is -0.647. The second-order valence-electron chi connectivity index (χ2n) is 11.8. The molecule has 1 atom stereocenters. The number of anilines is 1. The van der Waals surface area contributed by atoms with E-state index < -0.39 is 10.8 Å². The summed E-state index contributed by atoms with van der Waals surface area (Å²) in [4.78, 5) is 27.1. The quantitative estimate of drug-likeness (QED) is 0.227. The zero-order valence-electron chi connectivity index (χ0n) is 24.3. The van der Waals surface area contributed by atoms with Gasteiger partial charge in [-0.3, -0.25) is 19.8 Å². The molecule has 3 aromatic rings. The Bertz CT molecular complexity index is 1680. The lowest BCUT2D eigenvalue weighted by Gasteiger charge is -2.43. The van der Waals surface area contributed by atoms with Gasteiger partial charge in [-0.15, -0.1) is 0 Å². The van der Waals surface area contributed by atoms with Crippen molar-refractivity contribution in [2.75, 3.05) is 4.90 Å². The molecule has 2 aliphatic rings. The number of ketones is 1. The third-order valence-electron chi connectivity index (χ3n) is 8.11. The molecule has 5 rings (SSSR count). The number of para-hydroxylation sites is 2. The molecule has 8 heteroatoms. The fourth-order valence-corrected chi connectivity index (χ4v) is 7.20. The summed E-state index contributed by atoms with van der Waals surface area (Å²) in [7, 11) is 0. The maximum absolute atomic E-state index is 14.0. The van der Waals surface area contributed by atoms with Crippen LogP contribution in [0.15, 0.2) is 89.4 Å². The number of thioether (sulfide) groups is 1. The number of Topliss-reactive ketones (excluding diaryl/α,β-unsaturated/α-hetero) is 1. The smallest absolute Gasteiger partial charge is 0.293 e. The number of hydrogen-bond acceptors (Lipinski definition) is 7. The number of benzene rings is 3. The van der Waals surface area contributed by atoms with E-state index in [-0.39, 0.29) is 34.0 Å². The fourth-order valence-electron chi connectivity index (χ4n) is 6.14. The first kappa shape index (κ1) is 29.2. The van der Waals surface area contributed by atoms with Crippen molar-refractivity contribution in [3.05, 3.63) is 127 Å². The maximum atomic E-state index is 14.0. The molecule has 0 saturated carbocycles. The van der Waals surface area contributed by atoms with Crippen LogP contribution in [0.2, 0.25) is 0 Å². The van der Waals surface area contributed by atoms with Crippen LogP contribution < -0.4 is 10.6 Å². The van der Waals surface area contributed by atoms with E-state index in [4.69, 9.17) is 5.73 Å². The van der Waals surface area contributed by atoms with E-state index in [2.05, 4.69) is 37.3 Å². The van der Waals surface area contributed by atoms with Gasteiger partial charge in [-0.1, -0.05) is 68.4 Å². The highest BCUT2D eigenvalue weighted by molar-refractivity contribution is 7.97. The molecule has 1 heterocycles. The highest BCUT2D eigenvalue weighted by Gasteiger charge is 2.46. The molecule has 214 valence electrons. The van der Waals surface area contributed by atoms with Gasteiger partial charge in [0.2, 0.25) is 0 Å². The number of nitrogens with two attached hydrogens (primary N) is 1. The largest absolute Gasteiger partial charge is 0.384 e. The standard InChI is InChI=1S/C34H34N4O3S/c1-21-14-22(2)25(15-24(21)20-42-19-23-10-6-5-7-11-23)31-26(18-35)33(36)37(27-12-8-9-13-28(27)38(40)41)29-16-34(3,4)17-30(39)32(29)31/h5-15,31H,16-17,19-20,36H2,1-4H3. The number of allylic oxidation sites excluding steroid dienone is 3. The first-order valence-electron chi connectivity index (χ1n) is 13.9. The zero-order chi connectivity index (χ0) is 30.2. The molecule has 0 amide bonds. The number of hydrogen-bond donors (Lipinski definition) is 1. The Balaban J connectivity index is 1.65. The Labute approximate surface area is 250 Å². The first-order valence-corrected chi connectivity index (χ1v) is 15.1. The predicted molar refractivity (Wildman–Crippen MR) is 168 cm³/mol. The normalized spacial score (nSPS) is 18.1. The van der Waals surface area contributed by atoms with Crippen molar-refractivity contribution in [1.29, 1.82) is 5.26 Å². The molecule has 0 saturated heterocycles. The van der Waals surface area contributed by atoms with E-state index in [1.54, 1.807) is 23.1 Å². The summed E-state index contributed by atoms with van der Waals surface area (Å²) in [6, 6.07) is 23.2. The van der Waals surface area contributed by atoms with Crippen LogP contribution in [0.3, 0.4) is 0 Å². The molecule has 0 fully saturated rings. The first-order chi connectivity index (χ1) is 20.0. The summed E-state index contributed by atoms with van der Waals surface area (Å²) in [5, 5.41) is 22.5. The van der Waals surface area contributed by atoms with Gasteiger partial charge in [-0.05, 0) is 59.6 Å². The van der Waals surface area contributed by atoms with Gasteiger partial charge in [0.25, 0.3) is 5.69 Å². The molecule has 1 aliphatic heterocycles. The average molecular weight is 579 g/mol. The molecule has 0 spiro atoms. The highest BCUT2D eigenvalue weighted by atomic mass is 32.2. The van der Waals surface area contributed by atoms with Gasteiger partial charge in [0.1, 0.15) is 11.5 Å². The second-order valence-corrected chi connectivity index (χ2v) is 12.8. The number of carbonyl (C=O) groups excluding carboxylic acids is 1. The average Bonchev–Trinajstić information content (AvgIpc) is 2.93. The van der Waals surface area contributed by atoms with Crippen molar-refractivity contribution >= 4 is 28.9 Å². The number of rotatable bonds is 7. The molecule has 0 aromatic heterocycles. The summed E-state index contributed by atoms with van der Waals surface area (Å²) in [6.07, 6.45) is 0.803. The zero-order valence-corrected chi connectivity index (χ0v) is 25.1. The van der Waals surface area contributed by atoms with Crippen LogP contribution in [0, 0.1) is 40.7 Å². The van der Waals surface area contributed by atoms with Gasteiger partial charge < -0.3 is 5.73 Å². The van der Waals surface area contributed by atoms with Crippen LogP contribution in [0.25, 0.3) is 0 Å². The van der Waals surface area contributed by atoms with Crippen LogP contribution in [0.4, 0.5) is 11.4 Å². The summed E-state index contributed by atoms with van der Waals surface area (Å²) in [5.74, 6) is 1.07. The number of aryl methyl sites for hydroxylation is 2. The van der Waals surface area contributed by atoms with Crippen LogP contribution in [-0.2, 0) is 16.3 Å². The third-order valence-corrected chi connectivity index (χ3v) is 9.16. The van der Waals surface area contributed by atoms with E-state index in [9.17, 15) is 20.2 Å². The molecule has 2 N–H and O–H groups in total. The van der Waals surface area contributed by atoms with E-state index in [0.29, 0.717) is 24.1 Å². The second kappa shape index (κ2) is 11.5. The minimum Gasteiger partial charge on any atom is -0.384 e. The Kier molecular flexibility index (Phi) is 7.98. The SMILES string of the molecule is Cc1cc(C)c(C2C(C#N)=C(N)N(c3ccccc3[N+](=O)[O-])C3=C2C(=O)CC(C)(C)C3)cc1CSCc1ccccc1. The summed E-state index contributed by atoms with van der Waals surface area (Å²) < 4.78 is 0. The van der Waals surface area contributed by atoms with E-state index in [0.717, 1.165) is 33.8 Å². The molecule has 0 bridgehead atoms. The molecule has 3 aromatic carbocycles. The van der Waals surface area contributed by atoms with E-state index in [1.807, 2.05) is 50.7 Å². The van der Waals surface area contributed by atoms with Crippen LogP contribution in [0.5, 0.6) is 0 Å². The molecule has 7 nitrogen and oxygen atoms in total. The predicted octanol–water partition coefficient (Wildman–Crippen LogP) is 7.59. The highest BCUT2D eigenvalue weighted by Crippen LogP contribution is 2.52. The monoisotopic (exact) mass is 578 g/mol. The number of nitro benzene ring substituents is 1. The van der Waals surface area contributed by atoms with Crippen molar-refractivity contribution in [3.63, 3.8) is 0 Å². The topological polar surface area (TPSA) is 113 Å². The number of nitriles is 1. The Morgan fingerprint density at radius 3 is 2.43 bits per heavy atom. The molecular weight excluding hydrogens is 544 g/mol. The van der Waals surface area contributed by atoms with Crippen molar-refractivity contribution in [1.82, 2.24) is 0 Å². The number of nitrogens with zero attached hydrogens (tertiary/aromatic N) is 3. The minimum absolute atomic E-state index is 0.0601. The number of carbonyl (C=O) groups is 1. The van der Waals surface area contributed by atoms with Crippen molar-refractivity contribution in [2.24, 2.45) is 11.1 Å². The number of nitro groups is 1. The van der Waals surface area contributed by atoms with E-state index in [1.165, 1.54) is 11.6 Å². The molecule has 1 unspecified atom stereocenters. The Morgan fingerprint density at radius 1 is 1.05 bits per heavy atom. The van der Waals surface area contributed by atoms with Crippen molar-refractivity contribution in [3.8, 4) is 6.07 Å². The summed E-state index contributed by atoms with van der Waals surface area (Å²) in [5.41, 5.74) is 13.3. The Morgan fingerprint density at radius 2 is 1.74 bits per heavy atom. The summed E-state index contributed by atoms with van der Waals surface area (Å²) in [6.45, 7) is 8.11. The molecular formula is C34H34N4O3S. The van der Waals surface area contributed by atoms with Crippen molar-refractivity contribution < 1.29 is 9.72 Å². The van der Waals surface area contributed by atoms with Gasteiger partial charge in [-0.2, -0.15) is 17.0 Å². The van der Waals surface area contributed by atoms with Crippen LogP contribution in [0.1, 0.15) is 60.4 Å². The molecule has 0 radical (unpaired) electrons. The maximum Gasteiger partial charge on any atom is 0.293 e.